The van der Waals surface area contributed by atoms with Crippen molar-refractivity contribution in [1.82, 2.24) is 0 Å². The van der Waals surface area contributed by atoms with Crippen LogP contribution in [0.5, 0.6) is 0 Å². The van der Waals surface area contributed by atoms with E-state index in [9.17, 15) is 0 Å². The second-order valence-corrected chi connectivity index (χ2v) is 3.52. The summed E-state index contributed by atoms with van der Waals surface area (Å²) in [4.78, 5) is 0. The second-order valence-electron chi connectivity index (χ2n) is 2.94. The van der Waals surface area contributed by atoms with Crippen LogP contribution < -0.4 is 0 Å². The first-order valence-electron chi connectivity index (χ1n) is 5.70. The molecule has 0 saturated carbocycles. The van der Waals surface area contributed by atoms with Gasteiger partial charge in [-0.2, -0.15) is 0 Å². The molecular weight excluding hydrogens is 232 g/mol. The van der Waals surface area contributed by atoms with Gasteiger partial charge in [0.15, 0.2) is 0 Å². The molecule has 0 aliphatic carbocycles. The summed E-state index contributed by atoms with van der Waals surface area (Å²) in [5.41, 5.74) is 0. The summed E-state index contributed by atoms with van der Waals surface area (Å²) in [5, 5.41) is -1.19. The van der Waals surface area contributed by atoms with Gasteiger partial charge in [0.1, 0.15) is 0 Å². The quantitative estimate of drug-likeness (QED) is 0.443. The monoisotopic (exact) mass is 253 g/mol. The summed E-state index contributed by atoms with van der Waals surface area (Å²) < 4.78 is 21.4. The molecule has 0 unspecified atom stereocenters. The minimum atomic E-state index is -1.19. The third-order valence-corrected chi connectivity index (χ3v) is 2.04. The Morgan fingerprint density at radius 1 is 0.875 bits per heavy atom. The van der Waals surface area contributed by atoms with Gasteiger partial charge < -0.3 is 18.9 Å². The van der Waals surface area contributed by atoms with Gasteiger partial charge in [-0.1, -0.05) is 11.6 Å². The molecule has 0 aliphatic heterocycles. The Kier molecular flexibility index (Phi) is 9.26. The highest BCUT2D eigenvalue weighted by atomic mass is 35.5. The summed E-state index contributed by atoms with van der Waals surface area (Å²) in [6, 6.07) is 0. The van der Waals surface area contributed by atoms with Crippen LogP contribution in [0, 0.1) is 6.29 Å². The minimum absolute atomic E-state index is 0.262. The number of rotatable bonds is 10. The van der Waals surface area contributed by atoms with E-state index < -0.39 is 5.25 Å². The van der Waals surface area contributed by atoms with Crippen LogP contribution in [0.1, 0.15) is 34.1 Å². The first-order chi connectivity index (χ1) is 7.61. The zero-order chi connectivity index (χ0) is 12.4. The first-order valence-corrected chi connectivity index (χ1v) is 6.07. The van der Waals surface area contributed by atoms with Crippen molar-refractivity contribution in [2.24, 2.45) is 0 Å². The molecule has 0 fully saturated rings. The van der Waals surface area contributed by atoms with Crippen LogP contribution in [0.3, 0.4) is 0 Å². The number of hydrogen-bond donors (Lipinski definition) is 0. The first kappa shape index (κ1) is 16.1. The normalized spacial score (nSPS) is 12.4. The highest BCUT2D eigenvalue weighted by molar-refractivity contribution is 6.22. The molecule has 1 radical (unpaired) electrons. The fourth-order valence-corrected chi connectivity index (χ4v) is 1.54. The maximum Gasteiger partial charge on any atom is 0.253 e. The van der Waals surface area contributed by atoms with E-state index in [0.717, 1.165) is 0 Å². The predicted octanol–water partition coefficient (Wildman–Crippen LogP) is 2.90. The van der Waals surface area contributed by atoms with Crippen LogP contribution in [-0.2, 0) is 18.9 Å². The lowest BCUT2D eigenvalue weighted by Crippen LogP contribution is -2.33. The van der Waals surface area contributed by atoms with Crippen molar-refractivity contribution in [3.05, 3.63) is 6.29 Å². The van der Waals surface area contributed by atoms with Crippen molar-refractivity contribution >= 4 is 11.6 Å². The number of hydrogen-bond acceptors (Lipinski definition) is 4. The second kappa shape index (κ2) is 9.19. The lowest BCUT2D eigenvalue weighted by atomic mass is 10.4. The van der Waals surface area contributed by atoms with Crippen molar-refractivity contribution in [2.75, 3.05) is 26.4 Å². The molecule has 0 atom stereocenters. The molecule has 5 heteroatoms. The largest absolute Gasteiger partial charge is 0.345 e. The standard InChI is InChI=1S/C11H22ClO4/c1-5-13-10(14-6-2)9-11(12,15-7-3)16-8-4/h5-9H2,1-4H3. The van der Waals surface area contributed by atoms with E-state index in [4.69, 9.17) is 30.5 Å². The van der Waals surface area contributed by atoms with Gasteiger partial charge >= 0.3 is 0 Å². The van der Waals surface area contributed by atoms with Crippen molar-refractivity contribution in [1.29, 1.82) is 0 Å². The minimum Gasteiger partial charge on any atom is -0.345 e. The molecule has 0 saturated heterocycles. The lowest BCUT2D eigenvalue weighted by Gasteiger charge is -2.29. The predicted molar refractivity (Wildman–Crippen MR) is 62.9 cm³/mol. The Morgan fingerprint density at radius 2 is 1.31 bits per heavy atom. The Bertz CT molecular complexity index is 154. The molecule has 16 heavy (non-hydrogen) atoms. The zero-order valence-electron chi connectivity index (χ0n) is 10.5. The maximum absolute atomic E-state index is 6.18. The third kappa shape index (κ3) is 6.66. The van der Waals surface area contributed by atoms with E-state index >= 15 is 0 Å². The van der Waals surface area contributed by atoms with Gasteiger partial charge in [0.2, 0.25) is 6.29 Å². The summed E-state index contributed by atoms with van der Waals surface area (Å²) >= 11 is 6.18. The molecule has 0 aromatic rings. The fourth-order valence-electron chi connectivity index (χ4n) is 1.21. The van der Waals surface area contributed by atoms with Gasteiger partial charge in [-0.25, -0.2) is 0 Å². The Labute approximate surface area is 103 Å². The van der Waals surface area contributed by atoms with E-state index in [2.05, 4.69) is 0 Å². The van der Waals surface area contributed by atoms with Crippen LogP contribution in [0.25, 0.3) is 0 Å². The molecule has 4 nitrogen and oxygen atoms in total. The van der Waals surface area contributed by atoms with Crippen molar-refractivity contribution in [3.8, 4) is 0 Å². The van der Waals surface area contributed by atoms with Gasteiger partial charge in [-0.15, -0.1) is 0 Å². The molecule has 0 amide bonds. The summed E-state index contributed by atoms with van der Waals surface area (Å²) in [5.74, 6) is 0. The molecular formula is C11H22ClO4. The smallest absolute Gasteiger partial charge is 0.253 e. The Hall–Kier alpha value is 0.130. The maximum atomic E-state index is 6.18. The lowest BCUT2D eigenvalue weighted by molar-refractivity contribution is -0.197. The highest BCUT2D eigenvalue weighted by Crippen LogP contribution is 2.30. The van der Waals surface area contributed by atoms with Crippen LogP contribution in [0.2, 0.25) is 0 Å². The molecule has 0 aromatic carbocycles. The van der Waals surface area contributed by atoms with Gasteiger partial charge in [-0.3, -0.25) is 0 Å². The molecule has 0 heterocycles. The Morgan fingerprint density at radius 3 is 1.62 bits per heavy atom. The third-order valence-electron chi connectivity index (χ3n) is 1.69. The molecule has 0 aromatic heterocycles. The van der Waals surface area contributed by atoms with Crippen LogP contribution in [-0.4, -0.2) is 31.7 Å². The molecule has 0 bridgehead atoms. The van der Waals surface area contributed by atoms with Gasteiger partial charge in [0.05, 0.1) is 6.42 Å². The number of ether oxygens (including phenoxy) is 4. The summed E-state index contributed by atoms with van der Waals surface area (Å²) in [6.07, 6.45) is 0.708. The Balaban J connectivity index is 4.30. The van der Waals surface area contributed by atoms with Crippen molar-refractivity contribution in [2.45, 2.75) is 39.4 Å². The summed E-state index contributed by atoms with van der Waals surface area (Å²) in [7, 11) is 0. The van der Waals surface area contributed by atoms with E-state index in [-0.39, 0.29) is 6.42 Å². The fraction of sp³-hybridized carbons (Fsp3) is 0.909. The average Bonchev–Trinajstić information content (AvgIpc) is 2.18. The van der Waals surface area contributed by atoms with Crippen molar-refractivity contribution < 1.29 is 18.9 Å². The number of alkyl halides is 1. The van der Waals surface area contributed by atoms with Crippen LogP contribution >= 0.6 is 11.6 Å². The summed E-state index contributed by atoms with van der Waals surface area (Å²) in [6.45, 7) is 9.48. The van der Waals surface area contributed by atoms with E-state index in [1.807, 2.05) is 27.7 Å². The molecule has 97 valence electrons. The van der Waals surface area contributed by atoms with E-state index in [1.165, 1.54) is 0 Å². The zero-order valence-corrected chi connectivity index (χ0v) is 11.3. The van der Waals surface area contributed by atoms with Gasteiger partial charge in [0.25, 0.3) is 5.25 Å². The van der Waals surface area contributed by atoms with E-state index in [0.29, 0.717) is 32.7 Å². The van der Waals surface area contributed by atoms with Gasteiger partial charge in [-0.05, 0) is 27.7 Å². The van der Waals surface area contributed by atoms with Gasteiger partial charge in [0, 0.05) is 26.4 Å². The highest BCUT2D eigenvalue weighted by Gasteiger charge is 2.34. The average molecular weight is 254 g/mol. The topological polar surface area (TPSA) is 36.9 Å². The molecule has 0 rings (SSSR count). The molecule has 0 spiro atoms. The van der Waals surface area contributed by atoms with Crippen LogP contribution in [0.15, 0.2) is 0 Å². The molecule has 0 aliphatic rings. The van der Waals surface area contributed by atoms with Crippen molar-refractivity contribution in [3.63, 3.8) is 0 Å². The molecule has 0 N–H and O–H groups in total. The van der Waals surface area contributed by atoms with Crippen LogP contribution in [0.4, 0.5) is 0 Å². The van der Waals surface area contributed by atoms with E-state index in [1.54, 1.807) is 0 Å². The SMILES string of the molecule is CCO[C](CC(Cl)(OCC)OCC)OCC. The number of halogens is 1.